The molecule has 1 aliphatic rings. The van der Waals surface area contributed by atoms with Gasteiger partial charge in [-0.25, -0.2) is 0 Å². The van der Waals surface area contributed by atoms with Crippen LogP contribution in [0.4, 0.5) is 0 Å². The number of nitrogens with zero attached hydrogens (tertiary/aromatic N) is 2. The molecule has 0 bridgehead atoms. The summed E-state index contributed by atoms with van der Waals surface area (Å²) in [6.45, 7) is 3.58. The second kappa shape index (κ2) is 4.95. The summed E-state index contributed by atoms with van der Waals surface area (Å²) in [4.78, 5) is 18.8. The van der Waals surface area contributed by atoms with Gasteiger partial charge in [-0.15, -0.1) is 0 Å². The van der Waals surface area contributed by atoms with Crippen molar-refractivity contribution in [1.82, 2.24) is 9.88 Å². The summed E-state index contributed by atoms with van der Waals surface area (Å²) in [7, 11) is 0. The van der Waals surface area contributed by atoms with E-state index in [4.69, 9.17) is 0 Å². The minimum Gasteiger partial charge on any atom is -0.337 e. The molecular weight excluding hydrogens is 268 g/mol. The van der Waals surface area contributed by atoms with E-state index in [9.17, 15) is 4.79 Å². The lowest BCUT2D eigenvalue weighted by atomic mass is 10.1. The number of piperidine rings is 1. The van der Waals surface area contributed by atoms with Crippen molar-refractivity contribution in [2.24, 2.45) is 0 Å². The Kier molecular flexibility index (Phi) is 3.59. The van der Waals surface area contributed by atoms with Crippen LogP contribution < -0.4 is 0 Å². The molecule has 4 heteroatoms. The molecule has 16 heavy (non-hydrogen) atoms. The molecule has 0 radical (unpaired) electrons. The zero-order valence-corrected chi connectivity index (χ0v) is 10.9. The third kappa shape index (κ3) is 2.43. The van der Waals surface area contributed by atoms with E-state index in [1.807, 2.05) is 24.0 Å². The maximum Gasteiger partial charge on any atom is 0.272 e. The van der Waals surface area contributed by atoms with Gasteiger partial charge in [0.2, 0.25) is 0 Å². The number of carbonyl (C=O) groups excluding carboxylic acids is 1. The molecule has 86 valence electrons. The fraction of sp³-hybridized carbons (Fsp3) is 0.500. The van der Waals surface area contributed by atoms with Crippen molar-refractivity contribution in [3.8, 4) is 0 Å². The number of amides is 1. The molecule has 3 nitrogen and oxygen atoms in total. The first kappa shape index (κ1) is 11.6. The summed E-state index contributed by atoms with van der Waals surface area (Å²) < 4.78 is 0. The first-order chi connectivity index (χ1) is 7.68. The number of alkyl halides is 1. The van der Waals surface area contributed by atoms with Gasteiger partial charge >= 0.3 is 0 Å². The van der Waals surface area contributed by atoms with Gasteiger partial charge in [0.05, 0.1) is 0 Å². The quantitative estimate of drug-likeness (QED) is 0.741. The lowest BCUT2D eigenvalue weighted by molar-refractivity contribution is 0.0721. The molecular formula is C12H15BrN2O. The smallest absolute Gasteiger partial charge is 0.272 e. The van der Waals surface area contributed by atoms with E-state index >= 15 is 0 Å². The Labute approximate surface area is 104 Å². The van der Waals surface area contributed by atoms with Crippen molar-refractivity contribution in [1.29, 1.82) is 0 Å². The Balaban J connectivity index is 2.11. The van der Waals surface area contributed by atoms with Gasteiger partial charge in [-0.2, -0.15) is 0 Å². The molecule has 2 heterocycles. The van der Waals surface area contributed by atoms with Gasteiger partial charge in [0, 0.05) is 24.1 Å². The molecule has 1 aromatic heterocycles. The summed E-state index contributed by atoms with van der Waals surface area (Å²) in [6, 6.07) is 3.79. The van der Waals surface area contributed by atoms with E-state index in [1.54, 1.807) is 6.20 Å². The minimum atomic E-state index is 0.0671. The molecule has 1 aliphatic heterocycles. The molecule has 0 spiro atoms. The van der Waals surface area contributed by atoms with Crippen molar-refractivity contribution < 1.29 is 4.79 Å². The summed E-state index contributed by atoms with van der Waals surface area (Å²) in [5.74, 6) is 0.0671. The van der Waals surface area contributed by atoms with Crippen molar-refractivity contribution in [3.63, 3.8) is 0 Å². The first-order valence-corrected chi connectivity index (χ1v) is 6.45. The summed E-state index contributed by atoms with van der Waals surface area (Å²) in [5.41, 5.74) is 1.55. The Morgan fingerprint density at radius 2 is 2.19 bits per heavy atom. The van der Waals surface area contributed by atoms with E-state index in [0.29, 0.717) is 10.5 Å². The third-order valence-electron chi connectivity index (χ3n) is 2.92. The van der Waals surface area contributed by atoms with Crippen molar-refractivity contribution in [2.45, 2.75) is 24.6 Å². The number of hydrogen-bond acceptors (Lipinski definition) is 2. The average Bonchev–Trinajstić information content (AvgIpc) is 2.30. The maximum absolute atomic E-state index is 12.2. The first-order valence-electron chi connectivity index (χ1n) is 5.53. The highest BCUT2D eigenvalue weighted by Crippen LogP contribution is 2.19. The van der Waals surface area contributed by atoms with E-state index in [-0.39, 0.29) is 5.91 Å². The highest BCUT2D eigenvalue weighted by Gasteiger charge is 2.23. The highest BCUT2D eigenvalue weighted by molar-refractivity contribution is 9.09. The molecule has 0 unspecified atom stereocenters. The maximum atomic E-state index is 12.2. The second-order valence-electron chi connectivity index (χ2n) is 4.14. The lowest BCUT2D eigenvalue weighted by Crippen LogP contribution is -2.39. The van der Waals surface area contributed by atoms with E-state index in [0.717, 1.165) is 31.5 Å². The lowest BCUT2D eigenvalue weighted by Gasteiger charge is -2.29. The van der Waals surface area contributed by atoms with Crippen molar-refractivity contribution in [3.05, 3.63) is 29.6 Å². The summed E-state index contributed by atoms with van der Waals surface area (Å²) in [5, 5.41) is 0. The van der Waals surface area contributed by atoms with Crippen LogP contribution in [0.5, 0.6) is 0 Å². The predicted octanol–water partition coefficient (Wildman–Crippen LogP) is 2.39. The number of halogens is 1. The molecule has 1 amide bonds. The molecule has 1 aromatic rings. The van der Waals surface area contributed by atoms with E-state index in [2.05, 4.69) is 20.9 Å². The van der Waals surface area contributed by atoms with Crippen molar-refractivity contribution in [2.75, 3.05) is 13.1 Å². The molecule has 1 fully saturated rings. The van der Waals surface area contributed by atoms with Crippen LogP contribution in [0.25, 0.3) is 0 Å². The van der Waals surface area contributed by atoms with Crippen LogP contribution in [0.1, 0.15) is 28.9 Å². The summed E-state index contributed by atoms with van der Waals surface area (Å²) in [6.07, 6.45) is 3.73. The van der Waals surface area contributed by atoms with Gasteiger partial charge in [-0.3, -0.25) is 9.78 Å². The van der Waals surface area contributed by atoms with Crippen molar-refractivity contribution >= 4 is 21.8 Å². The number of hydrogen-bond donors (Lipinski definition) is 0. The van der Waals surface area contributed by atoms with Crippen LogP contribution in [0.2, 0.25) is 0 Å². The summed E-state index contributed by atoms with van der Waals surface area (Å²) >= 11 is 3.58. The van der Waals surface area contributed by atoms with Gasteiger partial charge in [-0.05, 0) is 31.4 Å². The fourth-order valence-electron chi connectivity index (χ4n) is 1.91. The van der Waals surface area contributed by atoms with Gasteiger partial charge in [0.15, 0.2) is 0 Å². The monoisotopic (exact) mass is 282 g/mol. The number of pyridine rings is 1. The highest BCUT2D eigenvalue weighted by atomic mass is 79.9. The average molecular weight is 283 g/mol. The zero-order valence-electron chi connectivity index (χ0n) is 9.32. The minimum absolute atomic E-state index is 0.0671. The van der Waals surface area contributed by atoms with Crippen LogP contribution in [-0.4, -0.2) is 33.7 Å². The zero-order chi connectivity index (χ0) is 11.5. The van der Waals surface area contributed by atoms with E-state index < -0.39 is 0 Å². The molecule has 0 saturated carbocycles. The van der Waals surface area contributed by atoms with Crippen LogP contribution in [-0.2, 0) is 0 Å². The molecule has 0 aliphatic carbocycles. The number of likely N-dealkylation sites (tertiary alicyclic amines) is 1. The fourth-order valence-corrected chi connectivity index (χ4v) is 2.32. The molecule has 0 aromatic carbocycles. The largest absolute Gasteiger partial charge is 0.337 e. The Bertz CT molecular complexity index is 386. The Morgan fingerprint density at radius 1 is 1.50 bits per heavy atom. The second-order valence-corrected chi connectivity index (χ2v) is 5.43. The number of carbonyl (C=O) groups is 1. The standard InChI is InChI=1S/C12H15BrN2O/c1-9-3-2-6-14-11(9)12(16)15-7-4-10(13)5-8-15/h2-3,6,10H,4-5,7-8H2,1H3. The van der Waals surface area contributed by atoms with Crippen LogP contribution >= 0.6 is 15.9 Å². The predicted molar refractivity (Wildman–Crippen MR) is 66.8 cm³/mol. The van der Waals surface area contributed by atoms with Gasteiger partial charge in [0.1, 0.15) is 5.69 Å². The number of aromatic nitrogens is 1. The molecule has 0 N–H and O–H groups in total. The molecule has 1 saturated heterocycles. The third-order valence-corrected chi connectivity index (χ3v) is 3.84. The number of rotatable bonds is 1. The van der Waals surface area contributed by atoms with E-state index in [1.165, 1.54) is 0 Å². The Morgan fingerprint density at radius 3 is 2.81 bits per heavy atom. The van der Waals surface area contributed by atoms with Crippen LogP contribution in [0, 0.1) is 6.92 Å². The van der Waals surface area contributed by atoms with Gasteiger partial charge < -0.3 is 4.90 Å². The van der Waals surface area contributed by atoms with Crippen LogP contribution in [0.15, 0.2) is 18.3 Å². The molecule has 2 rings (SSSR count). The Hall–Kier alpha value is -0.900. The number of aryl methyl sites for hydroxylation is 1. The van der Waals surface area contributed by atoms with Gasteiger partial charge in [0.25, 0.3) is 5.91 Å². The van der Waals surface area contributed by atoms with Crippen LogP contribution in [0.3, 0.4) is 0 Å². The topological polar surface area (TPSA) is 33.2 Å². The van der Waals surface area contributed by atoms with Gasteiger partial charge in [-0.1, -0.05) is 22.0 Å². The normalized spacial score (nSPS) is 17.5. The SMILES string of the molecule is Cc1cccnc1C(=O)N1CCC(Br)CC1. The molecule has 0 atom stereocenters.